The topological polar surface area (TPSA) is 0 Å². The van der Waals surface area contributed by atoms with Crippen molar-refractivity contribution in [2.75, 3.05) is 0 Å². The SMILES string of the molecule is CC1=CCc2cscc21. The van der Waals surface area contributed by atoms with E-state index in [0.717, 1.165) is 6.42 Å². The molecule has 0 nitrogen and oxygen atoms in total. The molecule has 1 aliphatic rings. The van der Waals surface area contributed by atoms with Gasteiger partial charge < -0.3 is 0 Å². The third-order valence-corrected chi connectivity index (χ3v) is 2.59. The molecule has 0 N–H and O–H groups in total. The Morgan fingerprint density at radius 2 is 2.33 bits per heavy atom. The van der Waals surface area contributed by atoms with Gasteiger partial charge in [0.25, 0.3) is 0 Å². The highest BCUT2D eigenvalue weighted by Crippen LogP contribution is 2.29. The fourth-order valence-electron chi connectivity index (χ4n) is 1.20. The summed E-state index contributed by atoms with van der Waals surface area (Å²) in [4.78, 5) is 0. The molecular weight excluding hydrogens is 128 g/mol. The van der Waals surface area contributed by atoms with Crippen LogP contribution in [0.1, 0.15) is 18.1 Å². The Morgan fingerprint density at radius 3 is 3.11 bits per heavy atom. The van der Waals surface area contributed by atoms with Crippen molar-refractivity contribution in [3.63, 3.8) is 0 Å². The maximum absolute atomic E-state index is 2.29. The first kappa shape index (κ1) is 5.24. The summed E-state index contributed by atoms with van der Waals surface area (Å²) < 4.78 is 0. The van der Waals surface area contributed by atoms with Crippen molar-refractivity contribution < 1.29 is 0 Å². The Kier molecular flexibility index (Phi) is 0.995. The van der Waals surface area contributed by atoms with Crippen molar-refractivity contribution in [2.24, 2.45) is 0 Å². The minimum absolute atomic E-state index is 1.16. The first-order valence-electron chi connectivity index (χ1n) is 3.10. The van der Waals surface area contributed by atoms with Crippen molar-refractivity contribution >= 4 is 16.9 Å². The normalized spacial score (nSPS) is 15.4. The van der Waals surface area contributed by atoms with E-state index in [1.54, 1.807) is 11.3 Å². The Hall–Kier alpha value is -0.560. The average Bonchev–Trinajstić information content (AvgIpc) is 2.35. The van der Waals surface area contributed by atoms with Gasteiger partial charge in [0.05, 0.1) is 0 Å². The van der Waals surface area contributed by atoms with Gasteiger partial charge in [0, 0.05) is 0 Å². The van der Waals surface area contributed by atoms with Gasteiger partial charge in [-0.25, -0.2) is 0 Å². The zero-order chi connectivity index (χ0) is 6.27. The molecule has 1 heteroatoms. The van der Waals surface area contributed by atoms with Gasteiger partial charge in [-0.15, -0.1) is 0 Å². The molecule has 46 valence electrons. The van der Waals surface area contributed by atoms with Crippen molar-refractivity contribution in [1.82, 2.24) is 0 Å². The molecule has 1 aromatic rings. The number of hydrogen-bond donors (Lipinski definition) is 0. The molecular formula is C8H8S. The van der Waals surface area contributed by atoms with Crippen LogP contribution in [-0.2, 0) is 6.42 Å². The van der Waals surface area contributed by atoms with Crippen LogP contribution in [0.2, 0.25) is 0 Å². The Balaban J connectivity index is 2.62. The highest BCUT2D eigenvalue weighted by Gasteiger charge is 2.09. The zero-order valence-electron chi connectivity index (χ0n) is 5.35. The largest absolute Gasteiger partial charge is 0.151 e. The molecule has 0 amide bonds. The summed E-state index contributed by atoms with van der Waals surface area (Å²) in [5.74, 6) is 0. The molecule has 0 atom stereocenters. The van der Waals surface area contributed by atoms with Crippen molar-refractivity contribution in [2.45, 2.75) is 13.3 Å². The van der Waals surface area contributed by atoms with Crippen LogP contribution in [0.15, 0.2) is 16.8 Å². The summed E-state index contributed by atoms with van der Waals surface area (Å²) in [5, 5.41) is 4.47. The predicted octanol–water partition coefficient (Wildman–Crippen LogP) is 2.71. The minimum atomic E-state index is 1.16. The lowest BCUT2D eigenvalue weighted by atomic mass is 10.2. The first-order valence-corrected chi connectivity index (χ1v) is 4.04. The van der Waals surface area contributed by atoms with E-state index in [1.807, 2.05) is 0 Å². The maximum atomic E-state index is 2.29. The van der Waals surface area contributed by atoms with E-state index in [1.165, 1.54) is 16.7 Å². The second-order valence-electron chi connectivity index (χ2n) is 2.40. The van der Waals surface area contributed by atoms with Crippen LogP contribution in [0.25, 0.3) is 5.57 Å². The fourth-order valence-corrected chi connectivity index (χ4v) is 2.13. The molecule has 1 aliphatic carbocycles. The molecule has 1 heterocycles. The summed E-state index contributed by atoms with van der Waals surface area (Å²) >= 11 is 1.80. The fraction of sp³-hybridized carbons (Fsp3) is 0.250. The molecule has 0 saturated heterocycles. The lowest BCUT2D eigenvalue weighted by molar-refractivity contribution is 1.34. The van der Waals surface area contributed by atoms with Crippen LogP contribution < -0.4 is 0 Å². The van der Waals surface area contributed by atoms with Gasteiger partial charge >= 0.3 is 0 Å². The van der Waals surface area contributed by atoms with Gasteiger partial charge in [0.1, 0.15) is 0 Å². The third-order valence-electron chi connectivity index (χ3n) is 1.80. The quantitative estimate of drug-likeness (QED) is 0.514. The van der Waals surface area contributed by atoms with E-state index in [4.69, 9.17) is 0 Å². The van der Waals surface area contributed by atoms with Crippen LogP contribution in [0.4, 0.5) is 0 Å². The average molecular weight is 136 g/mol. The molecule has 0 radical (unpaired) electrons. The second kappa shape index (κ2) is 1.71. The Bertz CT molecular complexity index is 255. The highest BCUT2D eigenvalue weighted by atomic mass is 32.1. The van der Waals surface area contributed by atoms with Crippen LogP contribution in [0.5, 0.6) is 0 Å². The maximum Gasteiger partial charge on any atom is -0.00152 e. The first-order chi connectivity index (χ1) is 4.38. The zero-order valence-corrected chi connectivity index (χ0v) is 6.16. The number of thiophene rings is 1. The Morgan fingerprint density at radius 1 is 1.44 bits per heavy atom. The predicted molar refractivity (Wildman–Crippen MR) is 41.7 cm³/mol. The molecule has 0 aromatic carbocycles. The van der Waals surface area contributed by atoms with Gasteiger partial charge in [-0.2, -0.15) is 11.3 Å². The summed E-state index contributed by atoms with van der Waals surface area (Å²) in [6.07, 6.45) is 3.45. The number of rotatable bonds is 0. The van der Waals surface area contributed by atoms with Gasteiger partial charge in [-0.3, -0.25) is 0 Å². The monoisotopic (exact) mass is 136 g/mol. The molecule has 9 heavy (non-hydrogen) atoms. The van der Waals surface area contributed by atoms with Crippen molar-refractivity contribution in [1.29, 1.82) is 0 Å². The number of fused-ring (bicyclic) bond motifs is 1. The summed E-state index contributed by atoms with van der Waals surface area (Å²) in [6.45, 7) is 2.18. The molecule has 0 aliphatic heterocycles. The van der Waals surface area contributed by atoms with Crippen LogP contribution >= 0.6 is 11.3 Å². The molecule has 2 rings (SSSR count). The highest BCUT2D eigenvalue weighted by molar-refractivity contribution is 7.08. The second-order valence-corrected chi connectivity index (χ2v) is 3.15. The van der Waals surface area contributed by atoms with E-state index in [0.29, 0.717) is 0 Å². The molecule has 0 fully saturated rings. The molecule has 0 bridgehead atoms. The molecule has 1 aromatic heterocycles. The van der Waals surface area contributed by atoms with E-state index in [9.17, 15) is 0 Å². The number of allylic oxidation sites excluding steroid dienone is 2. The van der Waals surface area contributed by atoms with Crippen molar-refractivity contribution in [3.05, 3.63) is 28.0 Å². The van der Waals surface area contributed by atoms with Gasteiger partial charge in [-0.1, -0.05) is 6.08 Å². The lowest BCUT2D eigenvalue weighted by Gasteiger charge is -1.87. The van der Waals surface area contributed by atoms with E-state index in [-0.39, 0.29) is 0 Å². The minimum Gasteiger partial charge on any atom is -0.151 e. The van der Waals surface area contributed by atoms with Crippen LogP contribution in [0, 0.1) is 0 Å². The standard InChI is InChI=1S/C8H8S/c1-6-2-3-7-4-9-5-8(6)7/h2,4-5H,3H2,1H3. The number of hydrogen-bond acceptors (Lipinski definition) is 1. The van der Waals surface area contributed by atoms with Gasteiger partial charge in [-0.05, 0) is 40.8 Å². The van der Waals surface area contributed by atoms with E-state index in [2.05, 4.69) is 23.8 Å². The van der Waals surface area contributed by atoms with Crippen LogP contribution in [0.3, 0.4) is 0 Å². The lowest BCUT2D eigenvalue weighted by Crippen LogP contribution is -1.70. The molecule has 0 saturated carbocycles. The third kappa shape index (κ3) is 0.648. The van der Waals surface area contributed by atoms with Gasteiger partial charge in [0.2, 0.25) is 0 Å². The Labute approximate surface area is 58.8 Å². The summed E-state index contributed by atoms with van der Waals surface area (Å²) in [5.41, 5.74) is 4.43. The van der Waals surface area contributed by atoms with E-state index < -0.39 is 0 Å². The van der Waals surface area contributed by atoms with E-state index >= 15 is 0 Å². The molecule has 0 unspecified atom stereocenters. The molecule has 0 spiro atoms. The summed E-state index contributed by atoms with van der Waals surface area (Å²) in [6, 6.07) is 0. The smallest absolute Gasteiger partial charge is 0.00152 e. The van der Waals surface area contributed by atoms with Gasteiger partial charge in [0.15, 0.2) is 0 Å². The van der Waals surface area contributed by atoms with Crippen LogP contribution in [-0.4, -0.2) is 0 Å². The summed E-state index contributed by atoms with van der Waals surface area (Å²) in [7, 11) is 0. The van der Waals surface area contributed by atoms with Crippen molar-refractivity contribution in [3.8, 4) is 0 Å².